The number of aryl methyl sites for hydroxylation is 1. The molecule has 1 amide bonds. The number of hydrogen-bond donors (Lipinski definition) is 1. The molecule has 0 fully saturated rings. The van der Waals surface area contributed by atoms with Crippen LogP contribution in [0.1, 0.15) is 23.8 Å². The molecule has 0 radical (unpaired) electrons. The monoisotopic (exact) mass is 425 g/mol. The molecule has 162 valence electrons. The van der Waals surface area contributed by atoms with E-state index in [1.54, 1.807) is 42.5 Å². The van der Waals surface area contributed by atoms with Gasteiger partial charge in [0.2, 0.25) is 0 Å². The first-order valence-electron chi connectivity index (χ1n) is 9.67. The fourth-order valence-corrected chi connectivity index (χ4v) is 3.06. The van der Waals surface area contributed by atoms with Gasteiger partial charge in [0.05, 0.1) is 19.6 Å². The van der Waals surface area contributed by atoms with Crippen molar-refractivity contribution in [3.8, 4) is 11.5 Å². The number of fused-ring (bicyclic) bond motifs is 1. The zero-order valence-corrected chi connectivity index (χ0v) is 17.5. The van der Waals surface area contributed by atoms with Crippen LogP contribution in [0.25, 0.3) is 10.8 Å². The molecule has 31 heavy (non-hydrogen) atoms. The lowest BCUT2D eigenvalue weighted by Crippen LogP contribution is -2.27. The molecule has 1 heterocycles. The van der Waals surface area contributed by atoms with E-state index >= 15 is 0 Å². The number of ether oxygens (including phenoxy) is 3. The smallest absolute Gasteiger partial charge is 0.359 e. The minimum Gasteiger partial charge on any atom is -0.493 e. The van der Waals surface area contributed by atoms with Crippen LogP contribution in [-0.2, 0) is 16.1 Å². The van der Waals surface area contributed by atoms with Gasteiger partial charge < -0.3 is 19.5 Å². The predicted molar refractivity (Wildman–Crippen MR) is 115 cm³/mol. The number of nitrogens with one attached hydrogen (secondary N) is 1. The Morgan fingerprint density at radius 1 is 1.03 bits per heavy atom. The maximum absolute atomic E-state index is 12.7. The highest BCUT2D eigenvalue weighted by Crippen LogP contribution is 2.29. The zero-order chi connectivity index (χ0) is 22.4. The third-order valence-corrected chi connectivity index (χ3v) is 4.50. The number of rotatable bonds is 8. The molecule has 0 saturated heterocycles. The maximum Gasteiger partial charge on any atom is 0.359 e. The van der Waals surface area contributed by atoms with Crippen molar-refractivity contribution in [2.75, 3.05) is 26.1 Å². The van der Waals surface area contributed by atoms with Crippen molar-refractivity contribution >= 4 is 28.3 Å². The Morgan fingerprint density at radius 2 is 1.74 bits per heavy atom. The highest BCUT2D eigenvalue weighted by molar-refractivity contribution is 6.03. The molecule has 0 aliphatic carbocycles. The first-order valence-corrected chi connectivity index (χ1v) is 9.67. The van der Waals surface area contributed by atoms with Gasteiger partial charge in [-0.25, -0.2) is 9.48 Å². The van der Waals surface area contributed by atoms with Gasteiger partial charge >= 0.3 is 5.97 Å². The molecule has 0 aliphatic heterocycles. The van der Waals surface area contributed by atoms with Gasteiger partial charge in [-0.2, -0.15) is 5.10 Å². The van der Waals surface area contributed by atoms with E-state index in [-0.39, 0.29) is 11.3 Å². The lowest BCUT2D eigenvalue weighted by Gasteiger charge is -2.12. The molecule has 3 rings (SSSR count). The number of anilines is 1. The van der Waals surface area contributed by atoms with Gasteiger partial charge in [-0.1, -0.05) is 25.1 Å². The Hall–Kier alpha value is -3.88. The molecule has 0 bridgehead atoms. The topological polar surface area (TPSA) is 109 Å². The molecular weight excluding hydrogens is 402 g/mol. The zero-order valence-electron chi connectivity index (χ0n) is 17.5. The number of amides is 1. The standard InChI is InChI=1S/C22H23N3O6/c1-4-11-25-21(27)16-8-6-5-7-15(16)20(24-25)22(28)31-13-19(26)23-14-9-10-17(29-2)18(12-14)30-3/h5-10,12H,4,11,13H2,1-3H3,(H,23,26). The summed E-state index contributed by atoms with van der Waals surface area (Å²) in [5.74, 6) is -0.353. The SMILES string of the molecule is CCCn1nc(C(=O)OCC(=O)Nc2ccc(OC)c(OC)c2)c2ccccc2c1=O. The highest BCUT2D eigenvalue weighted by atomic mass is 16.5. The molecule has 0 atom stereocenters. The molecule has 3 aromatic rings. The third-order valence-electron chi connectivity index (χ3n) is 4.50. The molecular formula is C22H23N3O6. The average molecular weight is 425 g/mol. The summed E-state index contributed by atoms with van der Waals surface area (Å²) in [6.45, 7) is 1.75. The maximum atomic E-state index is 12.7. The van der Waals surface area contributed by atoms with Crippen LogP contribution in [0, 0.1) is 0 Å². The summed E-state index contributed by atoms with van der Waals surface area (Å²) in [6, 6.07) is 11.5. The fourth-order valence-electron chi connectivity index (χ4n) is 3.06. The van der Waals surface area contributed by atoms with Gasteiger partial charge in [-0.15, -0.1) is 0 Å². The van der Waals surface area contributed by atoms with Gasteiger partial charge in [0.15, 0.2) is 23.8 Å². The summed E-state index contributed by atoms with van der Waals surface area (Å²) in [6.07, 6.45) is 0.674. The van der Waals surface area contributed by atoms with Gasteiger partial charge in [0, 0.05) is 23.7 Å². The lowest BCUT2D eigenvalue weighted by molar-refractivity contribution is -0.119. The van der Waals surface area contributed by atoms with Crippen LogP contribution in [-0.4, -0.2) is 42.5 Å². The van der Waals surface area contributed by atoms with Crippen molar-refractivity contribution < 1.29 is 23.8 Å². The number of carbonyl (C=O) groups is 2. The second-order valence-corrected chi connectivity index (χ2v) is 6.62. The van der Waals surface area contributed by atoms with Crippen molar-refractivity contribution in [2.24, 2.45) is 0 Å². The minimum absolute atomic E-state index is 0.0115. The van der Waals surface area contributed by atoms with Gasteiger partial charge in [-0.3, -0.25) is 9.59 Å². The normalized spacial score (nSPS) is 10.5. The number of hydrogen-bond acceptors (Lipinski definition) is 7. The van der Waals surface area contributed by atoms with E-state index in [1.165, 1.54) is 18.9 Å². The largest absolute Gasteiger partial charge is 0.493 e. The number of nitrogens with zero attached hydrogens (tertiary/aromatic N) is 2. The van der Waals surface area contributed by atoms with E-state index in [0.717, 1.165) is 0 Å². The summed E-state index contributed by atoms with van der Waals surface area (Å²) in [5.41, 5.74) is 0.168. The molecule has 1 aromatic heterocycles. The molecule has 0 aliphatic rings. The number of methoxy groups -OCH3 is 2. The second kappa shape index (κ2) is 9.75. The molecule has 0 spiro atoms. The molecule has 2 aromatic carbocycles. The predicted octanol–water partition coefficient (Wildman–Crippen LogP) is 2.62. The van der Waals surface area contributed by atoms with Crippen molar-refractivity contribution in [1.29, 1.82) is 0 Å². The van der Waals surface area contributed by atoms with Crippen LogP contribution < -0.4 is 20.3 Å². The Balaban J connectivity index is 1.75. The van der Waals surface area contributed by atoms with E-state index in [4.69, 9.17) is 14.2 Å². The van der Waals surface area contributed by atoms with Crippen LogP contribution in [0.5, 0.6) is 11.5 Å². The van der Waals surface area contributed by atoms with E-state index in [0.29, 0.717) is 40.9 Å². The lowest BCUT2D eigenvalue weighted by atomic mass is 10.1. The Labute approximate surface area is 178 Å². The van der Waals surface area contributed by atoms with Crippen LogP contribution in [0.4, 0.5) is 5.69 Å². The van der Waals surface area contributed by atoms with Crippen molar-refractivity contribution in [3.05, 3.63) is 58.5 Å². The highest BCUT2D eigenvalue weighted by Gasteiger charge is 2.19. The van der Waals surface area contributed by atoms with E-state index < -0.39 is 18.5 Å². The fraction of sp³-hybridized carbons (Fsp3) is 0.273. The van der Waals surface area contributed by atoms with E-state index in [2.05, 4.69) is 10.4 Å². The van der Waals surface area contributed by atoms with Crippen LogP contribution >= 0.6 is 0 Å². The van der Waals surface area contributed by atoms with Crippen molar-refractivity contribution in [3.63, 3.8) is 0 Å². The number of aromatic nitrogens is 2. The summed E-state index contributed by atoms with van der Waals surface area (Å²) in [5, 5.41) is 7.53. The molecule has 0 unspecified atom stereocenters. The summed E-state index contributed by atoms with van der Waals surface area (Å²) in [7, 11) is 3.00. The Bertz CT molecular complexity index is 1170. The number of benzene rings is 2. The first kappa shape index (κ1) is 21.8. The van der Waals surface area contributed by atoms with Crippen molar-refractivity contribution in [2.45, 2.75) is 19.9 Å². The van der Waals surface area contributed by atoms with Crippen LogP contribution in [0.15, 0.2) is 47.3 Å². The van der Waals surface area contributed by atoms with Crippen LogP contribution in [0.2, 0.25) is 0 Å². The molecule has 0 saturated carbocycles. The summed E-state index contributed by atoms with van der Waals surface area (Å²) >= 11 is 0. The Kier molecular flexibility index (Phi) is 6.86. The van der Waals surface area contributed by atoms with Gasteiger partial charge in [0.25, 0.3) is 11.5 Å². The minimum atomic E-state index is -0.788. The quantitative estimate of drug-likeness (QED) is 0.553. The first-order chi connectivity index (χ1) is 15.0. The molecule has 9 heteroatoms. The number of esters is 1. The van der Waals surface area contributed by atoms with Crippen LogP contribution in [0.3, 0.4) is 0 Å². The number of carbonyl (C=O) groups excluding carboxylic acids is 2. The van der Waals surface area contributed by atoms with E-state index in [9.17, 15) is 14.4 Å². The average Bonchev–Trinajstić information content (AvgIpc) is 2.79. The van der Waals surface area contributed by atoms with Gasteiger partial charge in [0.1, 0.15) is 0 Å². The Morgan fingerprint density at radius 3 is 2.42 bits per heavy atom. The molecule has 9 nitrogen and oxygen atoms in total. The second-order valence-electron chi connectivity index (χ2n) is 6.62. The molecule has 1 N–H and O–H groups in total. The summed E-state index contributed by atoms with van der Waals surface area (Å²) < 4.78 is 16.8. The third kappa shape index (κ3) is 4.82. The van der Waals surface area contributed by atoms with Gasteiger partial charge in [-0.05, 0) is 24.6 Å². The summed E-state index contributed by atoms with van der Waals surface area (Å²) in [4.78, 5) is 37.4. The van der Waals surface area contributed by atoms with E-state index in [1.807, 2.05) is 6.92 Å². The van der Waals surface area contributed by atoms with Crippen molar-refractivity contribution in [1.82, 2.24) is 9.78 Å².